The highest BCUT2D eigenvalue weighted by atomic mass is 16.1. The third kappa shape index (κ3) is 11.5. The molecule has 0 aromatic rings. The van der Waals surface area contributed by atoms with Gasteiger partial charge in [0.2, 0.25) is 0 Å². The molecule has 12 fully saturated rings. The average Bonchev–Trinajstić information content (AvgIpc) is 4.16. The number of hydrogen-bond acceptors (Lipinski definition) is 16. The van der Waals surface area contributed by atoms with Crippen molar-refractivity contribution in [2.45, 2.75) is 208 Å². The molecule has 20 unspecified atom stereocenters. The van der Waals surface area contributed by atoms with E-state index in [9.17, 15) is 19.2 Å². The molecule has 0 spiro atoms. The Morgan fingerprint density at radius 3 is 1.38 bits per heavy atom. The van der Waals surface area contributed by atoms with Gasteiger partial charge in [-0.05, 0) is 188 Å². The van der Waals surface area contributed by atoms with E-state index >= 15 is 0 Å². The minimum absolute atomic E-state index is 0. The molecule has 0 amide bonds. The van der Waals surface area contributed by atoms with Crippen molar-refractivity contribution >= 4 is 23.1 Å². The van der Waals surface area contributed by atoms with Crippen molar-refractivity contribution in [3.05, 3.63) is 0 Å². The van der Waals surface area contributed by atoms with Gasteiger partial charge in [-0.25, -0.2) is 0 Å². The average molecular weight is 973 g/mol. The highest BCUT2D eigenvalue weighted by molar-refractivity contribution is 5.83. The smallest absolute Gasteiger partial charge is 0.146 e. The summed E-state index contributed by atoms with van der Waals surface area (Å²) in [6.07, 6.45) is 14.0. The van der Waals surface area contributed by atoms with Gasteiger partial charge in [-0.15, -0.1) is 0 Å². The van der Waals surface area contributed by atoms with E-state index in [0.717, 1.165) is 82.7 Å². The van der Waals surface area contributed by atoms with Crippen LogP contribution in [0.15, 0.2) is 0 Å². The zero-order valence-corrected chi connectivity index (χ0v) is 40.3. The third-order valence-corrected chi connectivity index (χ3v) is 18.9. The number of nitrogens with one attached hydrogen (secondary N) is 8. The van der Waals surface area contributed by atoms with Crippen molar-refractivity contribution in [1.29, 1.82) is 0 Å². The van der Waals surface area contributed by atoms with Crippen LogP contribution in [0.3, 0.4) is 0 Å². The van der Waals surface area contributed by atoms with Gasteiger partial charge in [0, 0.05) is 36.6 Å². The standard InChI is InChI=1S/4C12H21N3O.5CH4/c1-7(16)11-5-8-9-6-13-4-3-10(9)14-12(8)15(11)2;1-7(16)11-5-9-8-3-4-13-6-10(8)14-12(9)15(11)2;1-7(16)10-6-8-11-9(4-3-5-13-11)14-12(8)15(10)2;1-7(16)10-6-9-8-4-3-5-13-11(8)14-12(9)15(10)2;;;;;/h4*8-14H,3-6H2,1-2H3;5*1H4. The monoisotopic (exact) mass is 973 g/mol. The summed E-state index contributed by atoms with van der Waals surface area (Å²) in [6.45, 7) is 13.6. The summed E-state index contributed by atoms with van der Waals surface area (Å²) in [7, 11) is 8.35. The lowest BCUT2D eigenvalue weighted by molar-refractivity contribution is -0.122. The van der Waals surface area contributed by atoms with Gasteiger partial charge in [-0.2, -0.15) is 0 Å². The maximum Gasteiger partial charge on any atom is 0.146 e. The lowest BCUT2D eigenvalue weighted by Gasteiger charge is -2.30. The number of fused-ring (bicyclic) bond motifs is 12. The molecule has 20 atom stereocenters. The zero-order chi connectivity index (χ0) is 45.1. The van der Waals surface area contributed by atoms with Gasteiger partial charge in [0.15, 0.2) is 0 Å². The number of nitrogens with zero attached hydrogens (tertiary/aromatic N) is 4. The van der Waals surface area contributed by atoms with Crippen LogP contribution in [-0.2, 0) is 19.2 Å². The Kier molecular flexibility index (Phi) is 21.6. The summed E-state index contributed by atoms with van der Waals surface area (Å²) in [5.41, 5.74) is 0. The first kappa shape index (κ1) is 59.8. The molecule has 0 saturated carbocycles. The topological polar surface area (TPSA) is 177 Å². The number of carbonyl (C=O) groups is 4. The van der Waals surface area contributed by atoms with E-state index in [1.54, 1.807) is 27.7 Å². The Morgan fingerprint density at radius 1 is 0.391 bits per heavy atom. The molecular formula is C53H104N12O4. The second-order valence-corrected chi connectivity index (χ2v) is 22.2. The van der Waals surface area contributed by atoms with Crippen LogP contribution in [0.25, 0.3) is 0 Å². The molecule has 16 heteroatoms. The Morgan fingerprint density at radius 2 is 0.812 bits per heavy atom. The molecule has 0 aromatic carbocycles. The zero-order valence-electron chi connectivity index (χ0n) is 40.3. The first-order chi connectivity index (χ1) is 30.7. The summed E-state index contributed by atoms with van der Waals surface area (Å²) in [5.74, 6) is 6.13. The highest BCUT2D eigenvalue weighted by Crippen LogP contribution is 2.44. The number of hydrogen-bond donors (Lipinski definition) is 8. The van der Waals surface area contributed by atoms with Gasteiger partial charge < -0.3 is 21.3 Å². The number of piperidine rings is 4. The van der Waals surface area contributed by atoms with Gasteiger partial charge in [0.1, 0.15) is 23.1 Å². The maximum atomic E-state index is 11.6. The predicted molar refractivity (Wildman–Crippen MR) is 282 cm³/mol. The fourth-order valence-electron chi connectivity index (χ4n) is 15.6. The molecule has 8 N–H and O–H groups in total. The molecule has 0 radical (unpaired) electrons. The van der Waals surface area contributed by atoms with Gasteiger partial charge in [-0.1, -0.05) is 37.1 Å². The second kappa shape index (κ2) is 25.0. The number of Topliss-reactive ketones (excluding diaryl/α,β-unsaturated/α-hetero) is 4. The number of rotatable bonds is 4. The molecule has 69 heavy (non-hydrogen) atoms. The molecule has 0 aliphatic carbocycles. The summed E-state index contributed by atoms with van der Waals surface area (Å²) in [6, 6.07) is 3.08. The largest absolute Gasteiger partial charge is 0.316 e. The second-order valence-electron chi connectivity index (χ2n) is 22.2. The lowest BCUT2D eigenvalue weighted by Crippen LogP contribution is -2.51. The number of likely N-dealkylation sites (tertiary alicyclic amines) is 4. The fourth-order valence-corrected chi connectivity index (χ4v) is 15.6. The summed E-state index contributed by atoms with van der Waals surface area (Å²) < 4.78 is 0. The van der Waals surface area contributed by atoms with Crippen molar-refractivity contribution in [2.75, 3.05) is 67.5 Å². The van der Waals surface area contributed by atoms with Crippen molar-refractivity contribution in [3.8, 4) is 0 Å². The predicted octanol–water partition coefficient (Wildman–Crippen LogP) is 2.88. The summed E-state index contributed by atoms with van der Waals surface area (Å²) >= 11 is 0. The van der Waals surface area contributed by atoms with E-state index in [0.29, 0.717) is 102 Å². The Hall–Kier alpha value is -1.80. The molecule has 0 bridgehead atoms. The molecule has 16 nitrogen and oxygen atoms in total. The van der Waals surface area contributed by atoms with E-state index in [-0.39, 0.29) is 61.3 Å². The molecule has 400 valence electrons. The Bertz CT molecular complexity index is 1470. The lowest BCUT2D eigenvalue weighted by atomic mass is 9.83. The maximum absolute atomic E-state index is 11.6. The molecule has 12 rings (SSSR count). The van der Waals surface area contributed by atoms with E-state index < -0.39 is 0 Å². The molecule has 12 aliphatic rings. The van der Waals surface area contributed by atoms with Gasteiger partial charge in [-0.3, -0.25) is 60.0 Å². The molecule has 12 aliphatic heterocycles. The number of ketones is 4. The number of carbonyl (C=O) groups excluding carboxylic acids is 4. The van der Waals surface area contributed by atoms with Crippen LogP contribution in [0.1, 0.15) is 129 Å². The minimum Gasteiger partial charge on any atom is -0.316 e. The van der Waals surface area contributed by atoms with Crippen LogP contribution in [0.4, 0.5) is 0 Å². The third-order valence-electron chi connectivity index (χ3n) is 18.9. The van der Waals surface area contributed by atoms with Crippen molar-refractivity contribution < 1.29 is 19.2 Å². The Balaban J connectivity index is 0.000000196. The summed E-state index contributed by atoms with van der Waals surface area (Å²) in [5, 5.41) is 28.9. The highest BCUT2D eigenvalue weighted by Gasteiger charge is 2.56. The van der Waals surface area contributed by atoms with Crippen LogP contribution >= 0.6 is 0 Å². The quantitative estimate of drug-likeness (QED) is 0.206. The van der Waals surface area contributed by atoms with Gasteiger partial charge in [0.25, 0.3) is 0 Å². The van der Waals surface area contributed by atoms with Crippen LogP contribution in [-0.4, -0.2) is 189 Å². The number of likely N-dealkylation sites (N-methyl/N-ethyl adjacent to an activating group) is 4. The minimum atomic E-state index is 0. The van der Waals surface area contributed by atoms with E-state index in [2.05, 4.69) is 90.3 Å². The normalized spacial score (nSPS) is 44.3. The van der Waals surface area contributed by atoms with Crippen molar-refractivity contribution in [3.63, 3.8) is 0 Å². The molecular weight excluding hydrogens is 869 g/mol. The molecule has 0 aromatic heterocycles. The van der Waals surface area contributed by atoms with Gasteiger partial charge in [0.05, 0.1) is 55.0 Å². The summed E-state index contributed by atoms with van der Waals surface area (Å²) in [4.78, 5) is 55.2. The van der Waals surface area contributed by atoms with E-state index in [1.807, 2.05) is 0 Å². The van der Waals surface area contributed by atoms with E-state index in [1.165, 1.54) is 38.5 Å². The van der Waals surface area contributed by atoms with Crippen LogP contribution in [0, 0.1) is 41.4 Å². The molecule has 12 heterocycles. The fraction of sp³-hybridized carbons (Fsp3) is 0.925. The van der Waals surface area contributed by atoms with Gasteiger partial charge >= 0.3 is 0 Å². The van der Waals surface area contributed by atoms with Crippen LogP contribution in [0.2, 0.25) is 0 Å². The van der Waals surface area contributed by atoms with Crippen LogP contribution < -0.4 is 42.5 Å². The van der Waals surface area contributed by atoms with E-state index in [4.69, 9.17) is 0 Å². The SMILES string of the molecule is C.C.C.C.C.CC(=O)C1CC2C3CCCNC3NC2N1C.CC(=O)C1CC2C3CCNCC3NC2N1C.CC(=O)C1CC2C3CNCCC3NC2N1C.CC(=O)C1CC2C3NCCCC3NC2N1C. The Labute approximate surface area is 420 Å². The first-order valence-electron chi connectivity index (χ1n) is 25.5. The first-order valence-corrected chi connectivity index (χ1v) is 25.5. The molecule has 12 saturated heterocycles. The van der Waals surface area contributed by atoms with Crippen molar-refractivity contribution in [2.24, 2.45) is 41.4 Å². The van der Waals surface area contributed by atoms with Crippen molar-refractivity contribution in [1.82, 2.24) is 62.1 Å². The van der Waals surface area contributed by atoms with Crippen LogP contribution in [0.5, 0.6) is 0 Å².